The van der Waals surface area contributed by atoms with E-state index in [0.717, 1.165) is 11.5 Å². The molecule has 1 aliphatic heterocycles. The summed E-state index contributed by atoms with van der Waals surface area (Å²) in [5.41, 5.74) is 7.56. The Balaban J connectivity index is 1.93. The van der Waals surface area contributed by atoms with Crippen LogP contribution in [0.2, 0.25) is 0 Å². The zero-order chi connectivity index (χ0) is 11.3. The van der Waals surface area contributed by atoms with Crippen molar-refractivity contribution in [3.8, 4) is 11.5 Å². The molecule has 16 heavy (non-hydrogen) atoms. The fourth-order valence-corrected chi connectivity index (χ4v) is 2.57. The number of nitrogens with two attached hydrogens (primary N) is 1. The average Bonchev–Trinajstić information content (AvgIpc) is 2.78. The van der Waals surface area contributed by atoms with Crippen LogP contribution in [0.25, 0.3) is 0 Å². The van der Waals surface area contributed by atoms with E-state index in [-0.39, 0.29) is 11.5 Å². The summed E-state index contributed by atoms with van der Waals surface area (Å²) in [5, 5.41) is 0. The summed E-state index contributed by atoms with van der Waals surface area (Å²) < 4.78 is 11.1. The molecule has 0 aromatic heterocycles. The summed E-state index contributed by atoms with van der Waals surface area (Å²) in [6, 6.07) is 6.43. The summed E-state index contributed by atoms with van der Waals surface area (Å²) in [7, 11) is 0. The van der Waals surface area contributed by atoms with Crippen molar-refractivity contribution in [1.82, 2.24) is 0 Å². The fraction of sp³-hybridized carbons (Fsp3) is 0.538. The van der Waals surface area contributed by atoms with Gasteiger partial charge in [0.25, 0.3) is 0 Å². The van der Waals surface area contributed by atoms with E-state index < -0.39 is 0 Å². The van der Waals surface area contributed by atoms with E-state index in [0.29, 0.717) is 19.1 Å². The first-order chi connectivity index (χ1) is 7.60. The van der Waals surface area contributed by atoms with Gasteiger partial charge in [-0.2, -0.15) is 0 Å². The summed E-state index contributed by atoms with van der Waals surface area (Å²) in [5.74, 6) is 2.16. The molecule has 1 saturated carbocycles. The second kappa shape index (κ2) is 3.14. The predicted octanol–water partition coefficient (Wildman–Crippen LogP) is 1.91. The highest BCUT2D eigenvalue weighted by atomic mass is 16.6. The smallest absolute Gasteiger partial charge is 0.161 e. The van der Waals surface area contributed by atoms with Crippen LogP contribution in [0.15, 0.2) is 18.2 Å². The molecule has 0 radical (unpaired) electrons. The van der Waals surface area contributed by atoms with E-state index in [1.54, 1.807) is 0 Å². The lowest BCUT2D eigenvalue weighted by molar-refractivity contribution is 0.171. The molecule has 2 aliphatic rings. The molecule has 2 unspecified atom stereocenters. The zero-order valence-electron chi connectivity index (χ0n) is 9.69. The molecule has 1 aromatic rings. The van der Waals surface area contributed by atoms with Gasteiger partial charge in [-0.1, -0.05) is 19.9 Å². The first-order valence-electron chi connectivity index (χ1n) is 5.76. The van der Waals surface area contributed by atoms with Crippen molar-refractivity contribution in [3.05, 3.63) is 23.8 Å². The molecule has 0 amide bonds. The average molecular weight is 219 g/mol. The molecular formula is C13H17NO2. The Morgan fingerprint density at radius 1 is 1.19 bits per heavy atom. The Morgan fingerprint density at radius 3 is 2.44 bits per heavy atom. The number of benzene rings is 1. The molecule has 0 bridgehead atoms. The van der Waals surface area contributed by atoms with E-state index in [2.05, 4.69) is 26.0 Å². The maximum atomic E-state index is 6.08. The number of hydrogen-bond donors (Lipinski definition) is 1. The van der Waals surface area contributed by atoms with Crippen LogP contribution >= 0.6 is 0 Å². The number of ether oxygens (including phenoxy) is 2. The molecule has 2 N–H and O–H groups in total. The lowest BCUT2D eigenvalue weighted by Gasteiger charge is -2.19. The molecule has 0 spiro atoms. The maximum absolute atomic E-state index is 6.08. The summed E-state index contributed by atoms with van der Waals surface area (Å²) in [6.07, 6.45) is 0. The predicted molar refractivity (Wildman–Crippen MR) is 61.9 cm³/mol. The van der Waals surface area contributed by atoms with Gasteiger partial charge in [-0.15, -0.1) is 0 Å². The Bertz CT molecular complexity index is 428. The Hall–Kier alpha value is -1.22. The Kier molecular flexibility index (Phi) is 1.96. The van der Waals surface area contributed by atoms with Gasteiger partial charge >= 0.3 is 0 Å². The molecule has 86 valence electrons. The van der Waals surface area contributed by atoms with Crippen molar-refractivity contribution in [2.24, 2.45) is 11.1 Å². The Morgan fingerprint density at radius 2 is 1.81 bits per heavy atom. The van der Waals surface area contributed by atoms with Crippen LogP contribution in [0.4, 0.5) is 0 Å². The molecule has 1 heterocycles. The van der Waals surface area contributed by atoms with Gasteiger partial charge in [-0.3, -0.25) is 0 Å². The molecule has 2 atom stereocenters. The van der Waals surface area contributed by atoms with Crippen LogP contribution in [0, 0.1) is 5.41 Å². The SMILES string of the molecule is CC1(C)C(N)C1c1ccc2c(c1)OCCO2. The molecule has 3 nitrogen and oxygen atoms in total. The van der Waals surface area contributed by atoms with Crippen molar-refractivity contribution >= 4 is 0 Å². The molecule has 3 heteroatoms. The van der Waals surface area contributed by atoms with Crippen LogP contribution in [0.1, 0.15) is 25.3 Å². The standard InChI is InChI=1S/C13H17NO2/c1-13(2)11(12(13)14)8-3-4-9-10(7-8)16-6-5-15-9/h3-4,7,11-12H,5-6,14H2,1-2H3. The third kappa shape index (κ3) is 1.31. The van der Waals surface area contributed by atoms with Crippen molar-refractivity contribution < 1.29 is 9.47 Å². The van der Waals surface area contributed by atoms with Gasteiger partial charge in [0, 0.05) is 12.0 Å². The van der Waals surface area contributed by atoms with Gasteiger partial charge in [0.05, 0.1) is 0 Å². The highest BCUT2D eigenvalue weighted by Gasteiger charge is 2.56. The van der Waals surface area contributed by atoms with Crippen LogP contribution in [-0.4, -0.2) is 19.3 Å². The van der Waals surface area contributed by atoms with Gasteiger partial charge < -0.3 is 15.2 Å². The van der Waals surface area contributed by atoms with Crippen LogP contribution in [-0.2, 0) is 0 Å². The van der Waals surface area contributed by atoms with E-state index in [9.17, 15) is 0 Å². The largest absolute Gasteiger partial charge is 0.486 e. The molecule has 3 rings (SSSR count). The summed E-state index contributed by atoms with van der Waals surface area (Å²) in [6.45, 7) is 5.69. The van der Waals surface area contributed by atoms with Gasteiger partial charge in [-0.25, -0.2) is 0 Å². The van der Waals surface area contributed by atoms with Crippen molar-refractivity contribution in [2.45, 2.75) is 25.8 Å². The molecule has 0 saturated heterocycles. The van der Waals surface area contributed by atoms with E-state index in [4.69, 9.17) is 15.2 Å². The minimum atomic E-state index is 0.212. The number of rotatable bonds is 1. The molecule has 1 aromatic carbocycles. The normalized spacial score (nSPS) is 29.9. The van der Waals surface area contributed by atoms with Crippen LogP contribution < -0.4 is 15.2 Å². The van der Waals surface area contributed by atoms with Crippen molar-refractivity contribution in [1.29, 1.82) is 0 Å². The van der Waals surface area contributed by atoms with E-state index >= 15 is 0 Å². The van der Waals surface area contributed by atoms with Gasteiger partial charge in [0.15, 0.2) is 11.5 Å². The topological polar surface area (TPSA) is 44.5 Å². The zero-order valence-corrected chi connectivity index (χ0v) is 9.69. The van der Waals surface area contributed by atoms with Gasteiger partial charge in [0.2, 0.25) is 0 Å². The summed E-state index contributed by atoms with van der Waals surface area (Å²) >= 11 is 0. The first-order valence-corrected chi connectivity index (χ1v) is 5.76. The van der Waals surface area contributed by atoms with Gasteiger partial charge in [-0.05, 0) is 23.1 Å². The summed E-state index contributed by atoms with van der Waals surface area (Å²) in [4.78, 5) is 0. The van der Waals surface area contributed by atoms with Crippen molar-refractivity contribution in [3.63, 3.8) is 0 Å². The number of fused-ring (bicyclic) bond motifs is 1. The lowest BCUT2D eigenvalue weighted by atomic mass is 10.0. The fourth-order valence-electron chi connectivity index (χ4n) is 2.57. The quantitative estimate of drug-likeness (QED) is 0.784. The Labute approximate surface area is 95.5 Å². The lowest BCUT2D eigenvalue weighted by Crippen LogP contribution is -2.15. The molecule has 1 aliphatic carbocycles. The maximum Gasteiger partial charge on any atom is 0.161 e. The van der Waals surface area contributed by atoms with Crippen LogP contribution in [0.3, 0.4) is 0 Å². The first kappa shape index (κ1) is 9.97. The third-order valence-corrected chi connectivity index (χ3v) is 3.84. The highest BCUT2D eigenvalue weighted by Crippen LogP contribution is 2.58. The monoisotopic (exact) mass is 219 g/mol. The molecule has 1 fully saturated rings. The second-order valence-electron chi connectivity index (χ2n) is 5.23. The van der Waals surface area contributed by atoms with Gasteiger partial charge in [0.1, 0.15) is 13.2 Å². The van der Waals surface area contributed by atoms with E-state index in [1.807, 2.05) is 6.07 Å². The van der Waals surface area contributed by atoms with E-state index in [1.165, 1.54) is 5.56 Å². The third-order valence-electron chi connectivity index (χ3n) is 3.84. The number of hydrogen-bond acceptors (Lipinski definition) is 3. The second-order valence-corrected chi connectivity index (χ2v) is 5.23. The van der Waals surface area contributed by atoms with Crippen LogP contribution in [0.5, 0.6) is 11.5 Å². The minimum Gasteiger partial charge on any atom is -0.486 e. The molecular weight excluding hydrogens is 202 g/mol. The highest BCUT2D eigenvalue weighted by molar-refractivity contribution is 5.47. The van der Waals surface area contributed by atoms with Crippen molar-refractivity contribution in [2.75, 3.05) is 13.2 Å². The minimum absolute atomic E-state index is 0.212.